The standard InChI is InChI=1S/C10H9FO3/c1-6(12)10-8(11)4-3-5-9(10)14-7(2)13/h3-5H,1-2H3. The van der Waals surface area contributed by atoms with Crippen LogP contribution in [0.15, 0.2) is 18.2 Å². The quantitative estimate of drug-likeness (QED) is 0.412. The van der Waals surface area contributed by atoms with E-state index in [4.69, 9.17) is 0 Å². The summed E-state index contributed by atoms with van der Waals surface area (Å²) in [6.45, 7) is 2.40. The molecule has 0 saturated heterocycles. The number of esters is 1. The minimum atomic E-state index is -0.684. The van der Waals surface area contributed by atoms with Crippen molar-refractivity contribution in [3.63, 3.8) is 0 Å². The Morgan fingerprint density at radius 2 is 1.93 bits per heavy atom. The lowest BCUT2D eigenvalue weighted by molar-refractivity contribution is -0.131. The average Bonchev–Trinajstić information content (AvgIpc) is 2.01. The highest BCUT2D eigenvalue weighted by atomic mass is 19.1. The fourth-order valence-corrected chi connectivity index (χ4v) is 1.09. The summed E-state index contributed by atoms with van der Waals surface area (Å²) >= 11 is 0. The summed E-state index contributed by atoms with van der Waals surface area (Å²) in [5.74, 6) is -1.78. The van der Waals surface area contributed by atoms with E-state index in [0.29, 0.717) is 0 Å². The van der Waals surface area contributed by atoms with Gasteiger partial charge in [0.2, 0.25) is 0 Å². The Labute approximate surface area is 80.5 Å². The molecule has 0 aliphatic carbocycles. The van der Waals surface area contributed by atoms with Crippen LogP contribution in [-0.4, -0.2) is 11.8 Å². The number of hydrogen-bond acceptors (Lipinski definition) is 3. The SMILES string of the molecule is CC(=O)Oc1cccc(F)c1C(C)=O. The Bertz CT molecular complexity index is 385. The van der Waals surface area contributed by atoms with E-state index < -0.39 is 17.6 Å². The lowest BCUT2D eigenvalue weighted by Crippen LogP contribution is -2.07. The summed E-state index contributed by atoms with van der Waals surface area (Å²) in [7, 11) is 0. The first-order chi connectivity index (χ1) is 6.52. The van der Waals surface area contributed by atoms with Gasteiger partial charge in [-0.15, -0.1) is 0 Å². The molecule has 1 aromatic carbocycles. The maximum absolute atomic E-state index is 13.1. The van der Waals surface area contributed by atoms with Crippen molar-refractivity contribution in [2.75, 3.05) is 0 Å². The third-order valence-corrected chi connectivity index (χ3v) is 1.58. The molecular weight excluding hydrogens is 187 g/mol. The second kappa shape index (κ2) is 4.00. The predicted molar refractivity (Wildman–Crippen MR) is 47.7 cm³/mol. The largest absolute Gasteiger partial charge is 0.426 e. The zero-order valence-corrected chi connectivity index (χ0v) is 7.83. The molecule has 4 heteroatoms. The highest BCUT2D eigenvalue weighted by molar-refractivity contribution is 5.97. The first-order valence-electron chi connectivity index (χ1n) is 4.00. The molecule has 0 aliphatic heterocycles. The van der Waals surface area contributed by atoms with E-state index in [9.17, 15) is 14.0 Å². The number of rotatable bonds is 2. The fraction of sp³-hybridized carbons (Fsp3) is 0.200. The molecule has 1 aromatic rings. The van der Waals surface area contributed by atoms with E-state index in [-0.39, 0.29) is 11.3 Å². The lowest BCUT2D eigenvalue weighted by Gasteiger charge is -2.06. The molecule has 0 bridgehead atoms. The van der Waals surface area contributed by atoms with Gasteiger partial charge in [-0.2, -0.15) is 0 Å². The summed E-state index contributed by atoms with van der Waals surface area (Å²) in [6, 6.07) is 3.89. The van der Waals surface area contributed by atoms with Crippen LogP contribution < -0.4 is 4.74 Å². The Hall–Kier alpha value is -1.71. The molecule has 0 unspecified atom stereocenters. The molecule has 0 saturated carbocycles. The van der Waals surface area contributed by atoms with E-state index >= 15 is 0 Å². The van der Waals surface area contributed by atoms with Crippen LogP contribution in [0.4, 0.5) is 4.39 Å². The van der Waals surface area contributed by atoms with E-state index in [2.05, 4.69) is 4.74 Å². The first-order valence-corrected chi connectivity index (χ1v) is 4.00. The van der Waals surface area contributed by atoms with E-state index in [1.54, 1.807) is 0 Å². The summed E-state index contributed by atoms with van der Waals surface area (Å²) in [6.07, 6.45) is 0. The summed E-state index contributed by atoms with van der Waals surface area (Å²) < 4.78 is 17.8. The minimum absolute atomic E-state index is 0.0370. The van der Waals surface area contributed by atoms with Gasteiger partial charge in [-0.25, -0.2) is 4.39 Å². The van der Waals surface area contributed by atoms with Crippen molar-refractivity contribution in [1.29, 1.82) is 0 Å². The number of ketones is 1. The number of Topliss-reactive ketones (excluding diaryl/α,β-unsaturated/α-hetero) is 1. The Kier molecular flexibility index (Phi) is 2.96. The molecule has 0 radical (unpaired) electrons. The average molecular weight is 196 g/mol. The monoisotopic (exact) mass is 196 g/mol. The second-order valence-electron chi connectivity index (χ2n) is 2.76. The number of ether oxygens (including phenoxy) is 1. The molecule has 0 heterocycles. The van der Waals surface area contributed by atoms with Gasteiger partial charge in [-0.05, 0) is 19.1 Å². The highest BCUT2D eigenvalue weighted by Gasteiger charge is 2.14. The summed E-state index contributed by atoms with van der Waals surface area (Å²) in [5, 5.41) is 0. The van der Waals surface area contributed by atoms with Crippen molar-refractivity contribution in [3.8, 4) is 5.75 Å². The van der Waals surface area contributed by atoms with E-state index in [1.165, 1.54) is 26.0 Å². The van der Waals surface area contributed by atoms with Gasteiger partial charge in [0.15, 0.2) is 5.78 Å². The number of carbonyl (C=O) groups is 2. The van der Waals surface area contributed by atoms with E-state index in [1.807, 2.05) is 0 Å². The van der Waals surface area contributed by atoms with Crippen molar-refractivity contribution in [2.45, 2.75) is 13.8 Å². The number of carbonyl (C=O) groups excluding carboxylic acids is 2. The third kappa shape index (κ3) is 2.16. The highest BCUT2D eigenvalue weighted by Crippen LogP contribution is 2.21. The predicted octanol–water partition coefficient (Wildman–Crippen LogP) is 1.95. The zero-order valence-electron chi connectivity index (χ0n) is 7.83. The first kappa shape index (κ1) is 10.4. The van der Waals surface area contributed by atoms with Gasteiger partial charge >= 0.3 is 5.97 Å². The fourth-order valence-electron chi connectivity index (χ4n) is 1.09. The Balaban J connectivity index is 3.21. The molecule has 0 atom stereocenters. The molecule has 1 rings (SSSR count). The van der Waals surface area contributed by atoms with Crippen molar-refractivity contribution in [3.05, 3.63) is 29.6 Å². The molecule has 0 fully saturated rings. The molecule has 0 spiro atoms. The molecule has 14 heavy (non-hydrogen) atoms. The molecule has 0 N–H and O–H groups in total. The van der Waals surface area contributed by atoms with Crippen LogP contribution in [-0.2, 0) is 4.79 Å². The van der Waals surface area contributed by atoms with Crippen LogP contribution in [0.3, 0.4) is 0 Å². The topological polar surface area (TPSA) is 43.4 Å². The third-order valence-electron chi connectivity index (χ3n) is 1.58. The summed E-state index contributed by atoms with van der Waals surface area (Å²) in [4.78, 5) is 21.7. The van der Waals surface area contributed by atoms with Crippen molar-refractivity contribution < 1.29 is 18.7 Å². The molecule has 0 aromatic heterocycles. The van der Waals surface area contributed by atoms with Gasteiger partial charge < -0.3 is 4.74 Å². The van der Waals surface area contributed by atoms with Crippen LogP contribution in [0.25, 0.3) is 0 Å². The molecule has 74 valence electrons. The molecule has 0 aliphatic rings. The minimum Gasteiger partial charge on any atom is -0.426 e. The maximum atomic E-state index is 13.1. The number of benzene rings is 1. The van der Waals surface area contributed by atoms with Gasteiger partial charge in [0.05, 0.1) is 5.56 Å². The number of halogens is 1. The second-order valence-corrected chi connectivity index (χ2v) is 2.76. The van der Waals surface area contributed by atoms with Gasteiger partial charge in [0.1, 0.15) is 11.6 Å². The molecule has 3 nitrogen and oxygen atoms in total. The molecular formula is C10H9FO3. The van der Waals surface area contributed by atoms with Crippen LogP contribution >= 0.6 is 0 Å². The van der Waals surface area contributed by atoms with Crippen LogP contribution in [0, 0.1) is 5.82 Å². The van der Waals surface area contributed by atoms with Gasteiger partial charge in [-0.1, -0.05) is 6.07 Å². The summed E-state index contributed by atoms with van der Waals surface area (Å²) in [5.41, 5.74) is -0.192. The van der Waals surface area contributed by atoms with Crippen molar-refractivity contribution in [1.82, 2.24) is 0 Å². The number of hydrogen-bond donors (Lipinski definition) is 0. The van der Waals surface area contributed by atoms with Crippen LogP contribution in [0.1, 0.15) is 24.2 Å². The molecule has 0 amide bonds. The Morgan fingerprint density at radius 1 is 1.29 bits per heavy atom. The van der Waals surface area contributed by atoms with Gasteiger partial charge in [-0.3, -0.25) is 9.59 Å². The van der Waals surface area contributed by atoms with Crippen molar-refractivity contribution in [2.24, 2.45) is 0 Å². The van der Waals surface area contributed by atoms with Crippen LogP contribution in [0.5, 0.6) is 5.75 Å². The normalized spacial score (nSPS) is 9.64. The maximum Gasteiger partial charge on any atom is 0.308 e. The van der Waals surface area contributed by atoms with Gasteiger partial charge in [0.25, 0.3) is 0 Å². The van der Waals surface area contributed by atoms with Crippen LogP contribution in [0.2, 0.25) is 0 Å². The van der Waals surface area contributed by atoms with Gasteiger partial charge in [0, 0.05) is 6.92 Å². The van der Waals surface area contributed by atoms with Crippen molar-refractivity contribution >= 4 is 11.8 Å². The lowest BCUT2D eigenvalue weighted by atomic mass is 10.1. The zero-order chi connectivity index (χ0) is 10.7. The smallest absolute Gasteiger partial charge is 0.308 e. The van der Waals surface area contributed by atoms with E-state index in [0.717, 1.165) is 6.07 Å². The Morgan fingerprint density at radius 3 is 2.43 bits per heavy atom.